The summed E-state index contributed by atoms with van der Waals surface area (Å²) in [6, 6.07) is 5.88. The van der Waals surface area contributed by atoms with Crippen molar-refractivity contribution >= 4 is 34.0 Å². The number of amides is 2. The van der Waals surface area contributed by atoms with E-state index in [9.17, 15) is 9.59 Å². The van der Waals surface area contributed by atoms with Crippen LogP contribution >= 0.6 is 15.9 Å². The average molecular weight is 437 g/mol. The van der Waals surface area contributed by atoms with E-state index in [1.54, 1.807) is 0 Å². The molecule has 1 aromatic rings. The highest BCUT2D eigenvalue weighted by atomic mass is 79.9. The monoisotopic (exact) mass is 436 g/mol. The molecule has 0 fully saturated rings. The number of hydrogen-bond donors (Lipinski definition) is 2. The number of rotatable bonds is 7. The van der Waals surface area contributed by atoms with E-state index >= 15 is 0 Å². The second-order valence-corrected chi connectivity index (χ2v) is 8.80. The number of benzene rings is 1. The number of fused-ring (bicyclic) bond motifs is 1. The van der Waals surface area contributed by atoms with E-state index in [1.165, 1.54) is 0 Å². The van der Waals surface area contributed by atoms with Crippen molar-refractivity contribution in [1.82, 2.24) is 10.6 Å². The molecule has 5 nitrogen and oxygen atoms in total. The Morgan fingerprint density at radius 2 is 2.04 bits per heavy atom. The lowest BCUT2D eigenvalue weighted by molar-refractivity contribution is -0.117. The van der Waals surface area contributed by atoms with Crippen LogP contribution < -0.4 is 10.6 Å². The zero-order chi connectivity index (χ0) is 20.0. The summed E-state index contributed by atoms with van der Waals surface area (Å²) < 4.78 is 6.33. The summed E-state index contributed by atoms with van der Waals surface area (Å²) in [7, 11) is 0. The van der Waals surface area contributed by atoms with Crippen LogP contribution in [-0.4, -0.2) is 30.2 Å². The summed E-state index contributed by atoms with van der Waals surface area (Å²) in [5.41, 5.74) is 2.42. The summed E-state index contributed by atoms with van der Waals surface area (Å²) in [6.07, 6.45) is 4.90. The van der Waals surface area contributed by atoms with Gasteiger partial charge in [0.25, 0.3) is 0 Å². The Morgan fingerprint density at radius 3 is 2.70 bits per heavy atom. The third kappa shape index (κ3) is 7.01. The molecule has 0 aliphatic heterocycles. The van der Waals surface area contributed by atoms with Gasteiger partial charge in [-0.05, 0) is 56.5 Å². The zero-order valence-corrected chi connectivity index (χ0v) is 18.1. The molecule has 0 spiro atoms. The Morgan fingerprint density at radius 1 is 1.30 bits per heavy atom. The van der Waals surface area contributed by atoms with Gasteiger partial charge in [0.1, 0.15) is 5.60 Å². The molecule has 2 amide bonds. The largest absolute Gasteiger partial charge is 0.444 e. The number of unbranched alkanes of at least 4 members (excludes halogenated alkanes) is 1. The van der Waals surface area contributed by atoms with Crippen LogP contribution in [0, 0.1) is 0 Å². The van der Waals surface area contributed by atoms with Crippen molar-refractivity contribution in [3.8, 4) is 0 Å². The smallest absolute Gasteiger partial charge is 0.407 e. The number of alkyl carbamates (subject to hydrolysis) is 1. The van der Waals surface area contributed by atoms with E-state index in [-0.39, 0.29) is 11.9 Å². The molecule has 6 heteroatoms. The maximum atomic E-state index is 12.6. The first-order valence-electron chi connectivity index (χ1n) is 9.44. The molecule has 1 aliphatic carbocycles. The van der Waals surface area contributed by atoms with E-state index in [0.29, 0.717) is 13.0 Å². The van der Waals surface area contributed by atoms with E-state index in [2.05, 4.69) is 33.5 Å². The van der Waals surface area contributed by atoms with Gasteiger partial charge in [0, 0.05) is 29.1 Å². The molecule has 0 bridgehead atoms. The lowest BCUT2D eigenvalue weighted by Gasteiger charge is -2.24. The average Bonchev–Trinajstić information content (AvgIpc) is 2.98. The van der Waals surface area contributed by atoms with Crippen molar-refractivity contribution in [1.29, 1.82) is 0 Å². The molecule has 0 aromatic heterocycles. The fraction of sp³-hybridized carbons (Fsp3) is 0.524. The Balaban J connectivity index is 1.91. The molecule has 1 aliphatic rings. The van der Waals surface area contributed by atoms with Crippen molar-refractivity contribution in [2.75, 3.05) is 6.54 Å². The highest BCUT2D eigenvalue weighted by Crippen LogP contribution is 2.27. The summed E-state index contributed by atoms with van der Waals surface area (Å²) in [4.78, 5) is 24.6. The van der Waals surface area contributed by atoms with Gasteiger partial charge in [0.05, 0.1) is 0 Å². The number of halogens is 1. The molecule has 1 aromatic carbocycles. The van der Waals surface area contributed by atoms with Crippen LogP contribution in [0.2, 0.25) is 0 Å². The fourth-order valence-electron chi connectivity index (χ4n) is 2.93. The second-order valence-electron chi connectivity index (χ2n) is 7.88. The normalized spacial score (nSPS) is 14.2. The van der Waals surface area contributed by atoms with Crippen molar-refractivity contribution in [2.24, 2.45) is 0 Å². The topological polar surface area (TPSA) is 67.4 Å². The second kappa shape index (κ2) is 9.40. The molecule has 148 valence electrons. The number of nitrogens with one attached hydrogen (secondary N) is 2. The van der Waals surface area contributed by atoms with Crippen molar-refractivity contribution in [3.63, 3.8) is 0 Å². The predicted molar refractivity (Wildman–Crippen MR) is 112 cm³/mol. The van der Waals surface area contributed by atoms with Crippen molar-refractivity contribution in [3.05, 3.63) is 39.4 Å². The lowest BCUT2D eigenvalue weighted by Crippen LogP contribution is -2.45. The van der Waals surface area contributed by atoms with Crippen LogP contribution in [0.1, 0.15) is 58.1 Å². The zero-order valence-electron chi connectivity index (χ0n) is 16.5. The van der Waals surface area contributed by atoms with Crippen molar-refractivity contribution < 1.29 is 14.3 Å². The van der Waals surface area contributed by atoms with Gasteiger partial charge in [-0.25, -0.2) is 4.79 Å². The standard InChI is InChI=1S/C21H29BrN2O3/c1-5-6-7-18(24-20(26)27-21(2,3)4)13-23-19(25)16-10-14-8-9-17(22)12-15(14)11-16/h8-9,11-12,18H,5-7,10,13H2,1-4H3,(H,23,25)(H,24,26)/t18-/m0/s1. The molecule has 0 saturated heterocycles. The highest BCUT2D eigenvalue weighted by Gasteiger charge is 2.22. The first-order valence-corrected chi connectivity index (χ1v) is 10.2. The lowest BCUT2D eigenvalue weighted by atomic mass is 10.1. The minimum atomic E-state index is -0.544. The molecule has 27 heavy (non-hydrogen) atoms. The maximum Gasteiger partial charge on any atom is 0.407 e. The van der Waals surface area contributed by atoms with Crippen LogP contribution in [0.25, 0.3) is 6.08 Å². The van der Waals surface area contributed by atoms with Crippen molar-refractivity contribution in [2.45, 2.75) is 65.0 Å². The SMILES string of the molecule is CCCC[C@@H](CNC(=O)C1=Cc2cc(Br)ccc2C1)NC(=O)OC(C)(C)C. The third-order valence-electron chi connectivity index (χ3n) is 4.25. The Kier molecular flexibility index (Phi) is 7.48. The van der Waals surface area contributed by atoms with E-state index in [1.807, 2.05) is 45.0 Å². The van der Waals surface area contributed by atoms with Crippen LogP contribution in [0.5, 0.6) is 0 Å². The molecule has 2 N–H and O–H groups in total. The number of carbonyl (C=O) groups excluding carboxylic acids is 2. The molecular weight excluding hydrogens is 408 g/mol. The van der Waals surface area contributed by atoms with Crippen LogP contribution in [0.4, 0.5) is 4.79 Å². The first-order chi connectivity index (χ1) is 12.7. The molecule has 0 radical (unpaired) electrons. The summed E-state index contributed by atoms with van der Waals surface area (Å²) >= 11 is 3.46. The molecule has 1 atom stereocenters. The van der Waals surface area contributed by atoms with E-state index in [4.69, 9.17) is 4.74 Å². The van der Waals surface area contributed by atoms with Gasteiger partial charge in [-0.2, -0.15) is 0 Å². The van der Waals surface area contributed by atoms with Gasteiger partial charge in [0.15, 0.2) is 0 Å². The molecule has 2 rings (SSSR count). The van der Waals surface area contributed by atoms with Gasteiger partial charge in [-0.15, -0.1) is 0 Å². The van der Waals surface area contributed by atoms with Gasteiger partial charge < -0.3 is 15.4 Å². The van der Waals surface area contributed by atoms with Crippen LogP contribution in [-0.2, 0) is 16.0 Å². The fourth-order valence-corrected chi connectivity index (χ4v) is 3.31. The number of hydrogen-bond acceptors (Lipinski definition) is 3. The summed E-state index contributed by atoms with van der Waals surface area (Å²) in [5, 5.41) is 5.84. The summed E-state index contributed by atoms with van der Waals surface area (Å²) in [5.74, 6) is -0.0881. The number of ether oxygens (including phenoxy) is 1. The minimum Gasteiger partial charge on any atom is -0.444 e. The summed E-state index contributed by atoms with van der Waals surface area (Å²) in [6.45, 7) is 7.98. The van der Waals surface area contributed by atoms with Gasteiger partial charge in [-0.3, -0.25) is 4.79 Å². The molecule has 0 saturated carbocycles. The van der Waals surface area contributed by atoms with Crippen LogP contribution in [0.3, 0.4) is 0 Å². The van der Waals surface area contributed by atoms with Gasteiger partial charge in [0.2, 0.25) is 5.91 Å². The Labute approximate surface area is 170 Å². The Hall–Kier alpha value is -1.82. The quantitative estimate of drug-likeness (QED) is 0.656. The predicted octanol–water partition coefficient (Wildman–Crippen LogP) is 4.59. The van der Waals surface area contributed by atoms with E-state index in [0.717, 1.165) is 40.4 Å². The first kappa shape index (κ1) is 21.5. The molecule has 0 unspecified atom stereocenters. The Bertz CT molecular complexity index is 723. The minimum absolute atomic E-state index is 0.0881. The van der Waals surface area contributed by atoms with Gasteiger partial charge >= 0.3 is 6.09 Å². The van der Waals surface area contributed by atoms with Gasteiger partial charge in [-0.1, -0.05) is 41.8 Å². The molecule has 0 heterocycles. The molecular formula is C21H29BrN2O3. The maximum absolute atomic E-state index is 12.6. The van der Waals surface area contributed by atoms with E-state index < -0.39 is 11.7 Å². The highest BCUT2D eigenvalue weighted by molar-refractivity contribution is 9.10. The van der Waals surface area contributed by atoms with Crippen LogP contribution in [0.15, 0.2) is 28.2 Å². The third-order valence-corrected chi connectivity index (χ3v) is 4.74. The number of carbonyl (C=O) groups is 2.